The van der Waals surface area contributed by atoms with Gasteiger partial charge < -0.3 is 10.5 Å². The normalized spacial score (nSPS) is 10.3. The fourth-order valence-corrected chi connectivity index (χ4v) is 3.38. The van der Waals surface area contributed by atoms with E-state index in [1.54, 1.807) is 7.11 Å². The van der Waals surface area contributed by atoms with Gasteiger partial charge in [-0.1, -0.05) is 66.7 Å². The summed E-state index contributed by atoms with van der Waals surface area (Å²) in [5, 5.41) is 9.66. The molecular weight excluding hydrogens is 358 g/mol. The van der Waals surface area contributed by atoms with Crippen molar-refractivity contribution in [3.05, 3.63) is 90.5 Å². The van der Waals surface area contributed by atoms with E-state index in [2.05, 4.69) is 23.2 Å². The van der Waals surface area contributed by atoms with Crippen LogP contribution in [0.3, 0.4) is 0 Å². The molecule has 0 amide bonds. The second-order valence-electron chi connectivity index (χ2n) is 6.57. The van der Waals surface area contributed by atoms with Crippen LogP contribution in [0.1, 0.15) is 5.56 Å². The first-order valence-electron chi connectivity index (χ1n) is 9.21. The summed E-state index contributed by atoms with van der Waals surface area (Å²) >= 11 is 0. The lowest BCUT2D eigenvalue weighted by Crippen LogP contribution is -2.00. The van der Waals surface area contributed by atoms with E-state index in [-0.39, 0.29) is 5.82 Å². The Kier molecular flexibility index (Phi) is 4.96. The maximum Gasteiger partial charge on any atom is 0.142 e. The highest BCUT2D eigenvalue weighted by molar-refractivity contribution is 5.82. The Morgan fingerprint density at radius 3 is 2.10 bits per heavy atom. The van der Waals surface area contributed by atoms with E-state index in [4.69, 9.17) is 10.5 Å². The standard InChI is InChI=1S/C25H19N3O/c1-29-24-10-6-5-9-20(24)23-15-21(22(16-26)25(27)28-23)19-13-11-18(12-14-19)17-7-3-2-4-8-17/h2-15H,1H3,(H2,27,28). The zero-order chi connectivity index (χ0) is 20.2. The molecule has 0 aliphatic carbocycles. The Labute approximate surface area is 169 Å². The molecule has 4 aromatic rings. The van der Waals surface area contributed by atoms with Gasteiger partial charge in [0.05, 0.1) is 12.8 Å². The number of rotatable bonds is 4. The number of anilines is 1. The van der Waals surface area contributed by atoms with Crippen LogP contribution in [0.2, 0.25) is 0 Å². The van der Waals surface area contributed by atoms with Gasteiger partial charge in [-0.2, -0.15) is 5.26 Å². The van der Waals surface area contributed by atoms with Gasteiger partial charge in [-0.05, 0) is 34.9 Å². The van der Waals surface area contributed by atoms with Crippen molar-refractivity contribution >= 4 is 5.82 Å². The maximum absolute atomic E-state index is 9.66. The minimum atomic E-state index is 0.207. The first-order valence-corrected chi connectivity index (χ1v) is 9.21. The molecule has 0 atom stereocenters. The molecule has 0 saturated heterocycles. The smallest absolute Gasteiger partial charge is 0.142 e. The van der Waals surface area contributed by atoms with Gasteiger partial charge in [0.1, 0.15) is 23.2 Å². The van der Waals surface area contributed by atoms with Crippen molar-refractivity contribution in [2.75, 3.05) is 12.8 Å². The number of pyridine rings is 1. The number of hydrogen-bond acceptors (Lipinski definition) is 4. The number of benzene rings is 3. The third kappa shape index (κ3) is 3.54. The summed E-state index contributed by atoms with van der Waals surface area (Å²) in [4.78, 5) is 4.45. The summed E-state index contributed by atoms with van der Waals surface area (Å²) < 4.78 is 5.46. The van der Waals surface area contributed by atoms with Gasteiger partial charge in [-0.15, -0.1) is 0 Å². The Morgan fingerprint density at radius 1 is 0.793 bits per heavy atom. The van der Waals surface area contributed by atoms with Gasteiger partial charge in [0.2, 0.25) is 0 Å². The minimum Gasteiger partial charge on any atom is -0.496 e. The van der Waals surface area contributed by atoms with Gasteiger partial charge in [-0.3, -0.25) is 0 Å². The van der Waals surface area contributed by atoms with Crippen LogP contribution in [0, 0.1) is 11.3 Å². The lowest BCUT2D eigenvalue weighted by molar-refractivity contribution is 0.416. The largest absolute Gasteiger partial charge is 0.496 e. The van der Waals surface area contributed by atoms with Crippen molar-refractivity contribution in [1.82, 2.24) is 4.98 Å². The molecule has 0 spiro atoms. The van der Waals surface area contributed by atoms with E-state index in [1.165, 1.54) is 0 Å². The fraction of sp³-hybridized carbons (Fsp3) is 0.0400. The van der Waals surface area contributed by atoms with Crippen LogP contribution in [0.15, 0.2) is 84.9 Å². The SMILES string of the molecule is COc1ccccc1-c1cc(-c2ccc(-c3ccccc3)cc2)c(C#N)c(N)n1. The van der Waals surface area contributed by atoms with Gasteiger partial charge in [-0.25, -0.2) is 4.98 Å². The summed E-state index contributed by atoms with van der Waals surface area (Å²) in [6.07, 6.45) is 0. The van der Waals surface area contributed by atoms with Gasteiger partial charge in [0, 0.05) is 11.1 Å². The number of nitrogens with zero attached hydrogens (tertiary/aromatic N) is 2. The summed E-state index contributed by atoms with van der Waals surface area (Å²) in [5.74, 6) is 0.910. The highest BCUT2D eigenvalue weighted by atomic mass is 16.5. The van der Waals surface area contributed by atoms with Crippen molar-refractivity contribution in [1.29, 1.82) is 5.26 Å². The minimum absolute atomic E-state index is 0.207. The van der Waals surface area contributed by atoms with E-state index >= 15 is 0 Å². The zero-order valence-corrected chi connectivity index (χ0v) is 16.0. The van der Waals surface area contributed by atoms with Crippen LogP contribution in [0.4, 0.5) is 5.82 Å². The van der Waals surface area contributed by atoms with Crippen molar-refractivity contribution in [2.24, 2.45) is 0 Å². The summed E-state index contributed by atoms with van der Waals surface area (Å²) in [5.41, 5.74) is 11.9. The molecule has 0 aliphatic heterocycles. The summed E-state index contributed by atoms with van der Waals surface area (Å²) in [6.45, 7) is 0. The number of nitrogens with two attached hydrogens (primary N) is 1. The Morgan fingerprint density at radius 2 is 1.41 bits per heavy atom. The van der Waals surface area contributed by atoms with Crippen LogP contribution >= 0.6 is 0 Å². The van der Waals surface area contributed by atoms with Gasteiger partial charge in [0.15, 0.2) is 0 Å². The number of para-hydroxylation sites is 1. The van der Waals surface area contributed by atoms with E-state index < -0.39 is 0 Å². The molecule has 0 saturated carbocycles. The van der Waals surface area contributed by atoms with Gasteiger partial charge in [0.25, 0.3) is 0 Å². The molecule has 140 valence electrons. The quantitative estimate of drug-likeness (QED) is 0.506. The molecule has 0 unspecified atom stereocenters. The predicted octanol–water partition coefficient (Wildman–Crippen LogP) is 5.55. The number of aromatic nitrogens is 1. The van der Waals surface area contributed by atoms with E-state index in [0.717, 1.165) is 27.8 Å². The lowest BCUT2D eigenvalue weighted by Gasteiger charge is -2.13. The second-order valence-corrected chi connectivity index (χ2v) is 6.57. The number of methoxy groups -OCH3 is 1. The molecule has 4 rings (SSSR count). The predicted molar refractivity (Wildman–Crippen MR) is 116 cm³/mol. The third-order valence-electron chi connectivity index (χ3n) is 4.85. The fourth-order valence-electron chi connectivity index (χ4n) is 3.38. The summed E-state index contributed by atoms with van der Waals surface area (Å²) in [6, 6.07) is 30.0. The second kappa shape index (κ2) is 7.87. The van der Waals surface area contributed by atoms with Crippen molar-refractivity contribution in [2.45, 2.75) is 0 Å². The van der Waals surface area contributed by atoms with E-state index in [1.807, 2.05) is 72.8 Å². The average molecular weight is 377 g/mol. The van der Waals surface area contributed by atoms with Crippen molar-refractivity contribution in [3.8, 4) is 45.3 Å². The van der Waals surface area contributed by atoms with E-state index in [9.17, 15) is 5.26 Å². The van der Waals surface area contributed by atoms with Crippen LogP contribution in [-0.2, 0) is 0 Å². The topological polar surface area (TPSA) is 71.9 Å². The van der Waals surface area contributed by atoms with Crippen molar-refractivity contribution in [3.63, 3.8) is 0 Å². The molecule has 0 fully saturated rings. The molecule has 0 aliphatic rings. The number of nitrogen functional groups attached to an aromatic ring is 1. The average Bonchev–Trinajstić information content (AvgIpc) is 2.79. The maximum atomic E-state index is 9.66. The summed E-state index contributed by atoms with van der Waals surface area (Å²) in [7, 11) is 1.62. The number of hydrogen-bond donors (Lipinski definition) is 1. The first-order chi connectivity index (χ1) is 14.2. The Balaban J connectivity index is 1.83. The molecule has 3 aromatic carbocycles. The Bertz CT molecular complexity index is 1190. The van der Waals surface area contributed by atoms with Crippen LogP contribution in [0.25, 0.3) is 33.5 Å². The molecule has 0 bridgehead atoms. The number of ether oxygens (including phenoxy) is 1. The lowest BCUT2D eigenvalue weighted by atomic mass is 9.96. The highest BCUT2D eigenvalue weighted by Crippen LogP contribution is 2.35. The molecule has 0 radical (unpaired) electrons. The Hall–Kier alpha value is -4.10. The molecule has 29 heavy (non-hydrogen) atoms. The monoisotopic (exact) mass is 377 g/mol. The molecular formula is C25H19N3O. The first kappa shape index (κ1) is 18.3. The highest BCUT2D eigenvalue weighted by Gasteiger charge is 2.15. The van der Waals surface area contributed by atoms with Crippen molar-refractivity contribution < 1.29 is 4.74 Å². The molecule has 1 aromatic heterocycles. The van der Waals surface area contributed by atoms with Gasteiger partial charge >= 0.3 is 0 Å². The molecule has 1 heterocycles. The molecule has 4 nitrogen and oxygen atoms in total. The zero-order valence-electron chi connectivity index (χ0n) is 16.0. The van der Waals surface area contributed by atoms with Crippen LogP contribution in [0.5, 0.6) is 5.75 Å². The number of nitriles is 1. The van der Waals surface area contributed by atoms with Crippen LogP contribution in [-0.4, -0.2) is 12.1 Å². The van der Waals surface area contributed by atoms with E-state index in [0.29, 0.717) is 17.0 Å². The third-order valence-corrected chi connectivity index (χ3v) is 4.85. The van der Waals surface area contributed by atoms with Crippen LogP contribution < -0.4 is 10.5 Å². The molecule has 2 N–H and O–H groups in total. The molecule has 4 heteroatoms.